The average Bonchev–Trinajstić information content (AvgIpc) is 3.06. The van der Waals surface area contributed by atoms with E-state index in [1.54, 1.807) is 30.3 Å². The Balaban J connectivity index is 1.57. The van der Waals surface area contributed by atoms with Gasteiger partial charge in [0.05, 0.1) is 13.2 Å². The fraction of sp³-hybridized carbons (Fsp3) is 0.200. The first-order valence-electron chi connectivity index (χ1n) is 8.44. The van der Waals surface area contributed by atoms with Crippen molar-refractivity contribution in [3.8, 4) is 5.75 Å². The number of fused-ring (bicyclic) bond motifs is 1. The third kappa shape index (κ3) is 4.27. The zero-order valence-electron chi connectivity index (χ0n) is 15.1. The van der Waals surface area contributed by atoms with Gasteiger partial charge in [0, 0.05) is 37.1 Å². The Kier molecular flexibility index (Phi) is 5.42. The van der Waals surface area contributed by atoms with Crippen LogP contribution in [0.25, 0.3) is 10.9 Å². The lowest BCUT2D eigenvalue weighted by Crippen LogP contribution is -2.37. The van der Waals surface area contributed by atoms with Crippen molar-refractivity contribution in [2.75, 3.05) is 19.0 Å². The van der Waals surface area contributed by atoms with Crippen LogP contribution in [0.5, 0.6) is 5.75 Å². The fourth-order valence-electron chi connectivity index (χ4n) is 2.78. The van der Waals surface area contributed by atoms with Crippen LogP contribution in [0.2, 0.25) is 0 Å². The molecule has 27 heavy (non-hydrogen) atoms. The maximum atomic E-state index is 12.0. The van der Waals surface area contributed by atoms with E-state index >= 15 is 0 Å². The molecule has 0 aliphatic rings. The largest absolute Gasteiger partial charge is 0.497 e. The maximum absolute atomic E-state index is 12.0. The SMILES string of the molecule is COc1cccc(NC(=O)C(=O)NCC(O)c2ccc3c(ccn3C)c2)c1. The molecule has 3 aromatic rings. The predicted molar refractivity (Wildman–Crippen MR) is 103 cm³/mol. The van der Waals surface area contributed by atoms with E-state index in [1.165, 1.54) is 7.11 Å². The molecule has 1 aromatic heterocycles. The van der Waals surface area contributed by atoms with Crippen molar-refractivity contribution in [3.05, 3.63) is 60.3 Å². The Morgan fingerprint density at radius 1 is 1.15 bits per heavy atom. The number of benzene rings is 2. The minimum Gasteiger partial charge on any atom is -0.497 e. The van der Waals surface area contributed by atoms with Crippen LogP contribution >= 0.6 is 0 Å². The lowest BCUT2D eigenvalue weighted by atomic mass is 10.1. The number of anilines is 1. The molecule has 0 spiro atoms. The number of aryl methyl sites for hydroxylation is 1. The number of hydrogen-bond acceptors (Lipinski definition) is 4. The highest BCUT2D eigenvalue weighted by atomic mass is 16.5. The zero-order chi connectivity index (χ0) is 19.4. The van der Waals surface area contributed by atoms with Crippen molar-refractivity contribution in [2.24, 2.45) is 7.05 Å². The van der Waals surface area contributed by atoms with Crippen molar-refractivity contribution in [3.63, 3.8) is 0 Å². The van der Waals surface area contributed by atoms with Crippen LogP contribution in [-0.4, -0.2) is 35.1 Å². The average molecular weight is 367 g/mol. The van der Waals surface area contributed by atoms with E-state index in [0.717, 1.165) is 10.9 Å². The van der Waals surface area contributed by atoms with Gasteiger partial charge in [0.25, 0.3) is 0 Å². The van der Waals surface area contributed by atoms with Gasteiger partial charge < -0.3 is 25.0 Å². The van der Waals surface area contributed by atoms with Crippen LogP contribution in [0.15, 0.2) is 54.7 Å². The lowest BCUT2D eigenvalue weighted by molar-refractivity contribution is -0.136. The van der Waals surface area contributed by atoms with Gasteiger partial charge in [-0.2, -0.15) is 0 Å². The Morgan fingerprint density at radius 3 is 2.74 bits per heavy atom. The van der Waals surface area contributed by atoms with Gasteiger partial charge in [-0.05, 0) is 41.3 Å². The second-order valence-electron chi connectivity index (χ2n) is 6.16. The summed E-state index contributed by atoms with van der Waals surface area (Å²) in [7, 11) is 3.46. The molecule has 140 valence electrons. The van der Waals surface area contributed by atoms with Crippen molar-refractivity contribution in [1.29, 1.82) is 0 Å². The molecule has 2 amide bonds. The number of methoxy groups -OCH3 is 1. The van der Waals surface area contributed by atoms with Gasteiger partial charge in [-0.15, -0.1) is 0 Å². The van der Waals surface area contributed by atoms with Crippen LogP contribution in [-0.2, 0) is 16.6 Å². The van der Waals surface area contributed by atoms with Crippen LogP contribution in [0.1, 0.15) is 11.7 Å². The first-order chi connectivity index (χ1) is 13.0. The van der Waals surface area contributed by atoms with Gasteiger partial charge in [-0.1, -0.05) is 12.1 Å². The molecule has 0 fully saturated rings. The smallest absolute Gasteiger partial charge is 0.313 e. The highest BCUT2D eigenvalue weighted by Gasteiger charge is 2.16. The second kappa shape index (κ2) is 7.92. The molecule has 0 saturated carbocycles. The van der Waals surface area contributed by atoms with Gasteiger partial charge in [-0.25, -0.2) is 0 Å². The number of aromatic nitrogens is 1. The van der Waals surface area contributed by atoms with Crippen molar-refractivity contribution in [1.82, 2.24) is 9.88 Å². The molecule has 1 heterocycles. The summed E-state index contributed by atoms with van der Waals surface area (Å²) < 4.78 is 7.05. The number of hydrogen-bond donors (Lipinski definition) is 3. The van der Waals surface area contributed by atoms with Crippen LogP contribution in [0.4, 0.5) is 5.69 Å². The predicted octanol–water partition coefficient (Wildman–Crippen LogP) is 1.98. The van der Waals surface area contributed by atoms with E-state index in [4.69, 9.17) is 4.74 Å². The molecule has 1 unspecified atom stereocenters. The minimum absolute atomic E-state index is 0.0668. The topological polar surface area (TPSA) is 92.6 Å². The Hall–Kier alpha value is -3.32. The Labute approximate surface area is 156 Å². The molecule has 7 nitrogen and oxygen atoms in total. The molecule has 0 radical (unpaired) electrons. The van der Waals surface area contributed by atoms with E-state index in [9.17, 15) is 14.7 Å². The van der Waals surface area contributed by atoms with Gasteiger partial charge in [0.15, 0.2) is 0 Å². The number of carbonyl (C=O) groups excluding carboxylic acids is 2. The molecule has 7 heteroatoms. The number of nitrogens with zero attached hydrogens (tertiary/aromatic N) is 1. The molecular weight excluding hydrogens is 346 g/mol. The monoisotopic (exact) mass is 367 g/mol. The summed E-state index contributed by atoms with van der Waals surface area (Å²) in [5.74, 6) is -1.06. The number of aliphatic hydroxyl groups excluding tert-OH is 1. The number of rotatable bonds is 5. The highest BCUT2D eigenvalue weighted by molar-refractivity contribution is 6.39. The summed E-state index contributed by atoms with van der Waals surface area (Å²) in [6, 6.07) is 14.2. The summed E-state index contributed by atoms with van der Waals surface area (Å²) in [5.41, 5.74) is 2.17. The first kappa shape index (κ1) is 18.5. The quantitative estimate of drug-likeness (QED) is 0.601. The van der Waals surface area contributed by atoms with Crippen molar-refractivity contribution < 1.29 is 19.4 Å². The molecule has 0 bridgehead atoms. The number of ether oxygens (including phenoxy) is 1. The number of aliphatic hydroxyl groups is 1. The van der Waals surface area contributed by atoms with Crippen molar-refractivity contribution >= 4 is 28.4 Å². The normalized spacial score (nSPS) is 11.8. The van der Waals surface area contributed by atoms with Crippen LogP contribution < -0.4 is 15.4 Å². The summed E-state index contributed by atoms with van der Waals surface area (Å²) in [4.78, 5) is 24.0. The van der Waals surface area contributed by atoms with E-state index in [2.05, 4.69) is 10.6 Å². The van der Waals surface area contributed by atoms with Gasteiger partial charge in [-0.3, -0.25) is 9.59 Å². The maximum Gasteiger partial charge on any atom is 0.313 e. The van der Waals surface area contributed by atoms with Crippen LogP contribution in [0, 0.1) is 0 Å². The molecule has 0 aliphatic heterocycles. The summed E-state index contributed by atoms with van der Waals surface area (Å²) in [6.45, 7) is -0.0668. The third-order valence-electron chi connectivity index (χ3n) is 4.28. The standard InChI is InChI=1S/C20H21N3O4/c1-23-9-8-13-10-14(6-7-17(13)23)18(24)12-21-19(25)20(26)22-15-4-3-5-16(11-15)27-2/h3-11,18,24H,12H2,1-2H3,(H,21,25)(H,22,26). The second-order valence-corrected chi connectivity index (χ2v) is 6.16. The first-order valence-corrected chi connectivity index (χ1v) is 8.44. The Morgan fingerprint density at radius 2 is 1.96 bits per heavy atom. The number of amides is 2. The summed E-state index contributed by atoms with van der Waals surface area (Å²) >= 11 is 0. The van der Waals surface area contributed by atoms with Gasteiger partial charge >= 0.3 is 11.8 Å². The number of nitrogens with one attached hydrogen (secondary N) is 2. The van der Waals surface area contributed by atoms with E-state index in [-0.39, 0.29) is 6.54 Å². The van der Waals surface area contributed by atoms with E-state index in [1.807, 2.05) is 36.0 Å². The fourth-order valence-corrected chi connectivity index (χ4v) is 2.78. The molecule has 1 atom stereocenters. The van der Waals surface area contributed by atoms with Gasteiger partial charge in [0.2, 0.25) is 0 Å². The molecule has 2 aromatic carbocycles. The van der Waals surface area contributed by atoms with E-state index in [0.29, 0.717) is 17.0 Å². The summed E-state index contributed by atoms with van der Waals surface area (Å²) in [6.07, 6.45) is 1.02. The molecule has 3 rings (SSSR count). The highest BCUT2D eigenvalue weighted by Crippen LogP contribution is 2.21. The third-order valence-corrected chi connectivity index (χ3v) is 4.28. The summed E-state index contributed by atoms with van der Waals surface area (Å²) in [5, 5.41) is 16.2. The Bertz CT molecular complexity index is 980. The molecule has 0 saturated heterocycles. The number of carbonyl (C=O) groups is 2. The molecular formula is C20H21N3O4. The molecule has 3 N–H and O–H groups in total. The minimum atomic E-state index is -0.914. The lowest BCUT2D eigenvalue weighted by Gasteiger charge is -2.13. The van der Waals surface area contributed by atoms with Crippen molar-refractivity contribution in [2.45, 2.75) is 6.10 Å². The molecule has 0 aliphatic carbocycles. The van der Waals surface area contributed by atoms with Gasteiger partial charge in [0.1, 0.15) is 5.75 Å². The van der Waals surface area contributed by atoms with E-state index < -0.39 is 17.9 Å². The zero-order valence-corrected chi connectivity index (χ0v) is 15.1. The van der Waals surface area contributed by atoms with Crippen LogP contribution in [0.3, 0.4) is 0 Å².